The summed E-state index contributed by atoms with van der Waals surface area (Å²) in [6, 6.07) is 7.85. The molecule has 1 unspecified atom stereocenters. The molecular formula is C17H22Cl3N3OS. The molecule has 3 rings (SSSR count). The van der Waals surface area contributed by atoms with Crippen LogP contribution in [0.2, 0.25) is 5.02 Å². The van der Waals surface area contributed by atoms with Crippen molar-refractivity contribution in [3.8, 4) is 10.6 Å². The second-order valence-electron chi connectivity index (χ2n) is 5.79. The van der Waals surface area contributed by atoms with Gasteiger partial charge in [0.05, 0.1) is 5.69 Å². The Labute approximate surface area is 169 Å². The van der Waals surface area contributed by atoms with Gasteiger partial charge < -0.3 is 10.2 Å². The van der Waals surface area contributed by atoms with Crippen LogP contribution in [0.5, 0.6) is 0 Å². The third-order valence-electron chi connectivity index (χ3n) is 4.16. The number of rotatable bonds is 4. The molecule has 0 saturated carbocycles. The first-order chi connectivity index (χ1) is 11.1. The molecule has 8 heteroatoms. The zero-order valence-electron chi connectivity index (χ0n) is 14.1. The predicted octanol–water partition coefficient (Wildman–Crippen LogP) is 4.44. The summed E-state index contributed by atoms with van der Waals surface area (Å²) in [5, 5.41) is 4.75. The summed E-state index contributed by atoms with van der Waals surface area (Å²) in [5.74, 6) is 0.109. The number of amides is 1. The van der Waals surface area contributed by atoms with Gasteiger partial charge in [0.25, 0.3) is 5.91 Å². The average molecular weight is 423 g/mol. The molecule has 1 N–H and O–H groups in total. The van der Waals surface area contributed by atoms with Crippen molar-refractivity contribution < 1.29 is 4.79 Å². The zero-order valence-corrected chi connectivity index (χ0v) is 17.3. The summed E-state index contributed by atoms with van der Waals surface area (Å²) in [6.07, 6.45) is 2.13. The third kappa shape index (κ3) is 4.86. The number of hydrogen-bond acceptors (Lipinski definition) is 4. The van der Waals surface area contributed by atoms with Gasteiger partial charge in [-0.2, -0.15) is 0 Å². The summed E-state index contributed by atoms with van der Waals surface area (Å²) in [4.78, 5) is 20.2. The van der Waals surface area contributed by atoms with Crippen molar-refractivity contribution in [1.82, 2.24) is 15.2 Å². The van der Waals surface area contributed by atoms with Crippen LogP contribution in [0.15, 0.2) is 24.3 Å². The van der Waals surface area contributed by atoms with E-state index in [1.165, 1.54) is 11.3 Å². The molecule has 138 valence electrons. The molecule has 0 spiro atoms. The topological polar surface area (TPSA) is 45.2 Å². The first-order valence-electron chi connectivity index (χ1n) is 7.79. The molecule has 1 atom stereocenters. The number of thiazole rings is 1. The second kappa shape index (κ2) is 9.74. The van der Waals surface area contributed by atoms with Gasteiger partial charge in [-0.1, -0.05) is 23.7 Å². The molecule has 2 heterocycles. The van der Waals surface area contributed by atoms with Gasteiger partial charge in [0.1, 0.15) is 9.88 Å². The number of likely N-dealkylation sites (N-methyl/N-ethyl adjacent to an activating group) is 1. The number of carbonyl (C=O) groups excluding carboxylic acids is 1. The first-order valence-corrected chi connectivity index (χ1v) is 8.98. The summed E-state index contributed by atoms with van der Waals surface area (Å²) in [5.41, 5.74) is 1.80. The van der Waals surface area contributed by atoms with Gasteiger partial charge in [-0.15, -0.1) is 36.2 Å². The first kappa shape index (κ1) is 22.2. The number of halogens is 3. The highest BCUT2D eigenvalue weighted by Crippen LogP contribution is 2.31. The fraction of sp³-hybridized carbons (Fsp3) is 0.412. The van der Waals surface area contributed by atoms with Crippen LogP contribution in [0.1, 0.15) is 28.2 Å². The molecule has 0 bridgehead atoms. The Morgan fingerprint density at radius 1 is 1.36 bits per heavy atom. The average Bonchev–Trinajstić information content (AvgIpc) is 3.15. The number of aryl methyl sites for hydroxylation is 1. The largest absolute Gasteiger partial charge is 0.334 e. The van der Waals surface area contributed by atoms with E-state index in [1.54, 1.807) is 0 Å². The minimum atomic E-state index is 0. The van der Waals surface area contributed by atoms with Crippen molar-refractivity contribution in [1.29, 1.82) is 0 Å². The van der Waals surface area contributed by atoms with E-state index < -0.39 is 0 Å². The van der Waals surface area contributed by atoms with E-state index in [9.17, 15) is 4.79 Å². The van der Waals surface area contributed by atoms with Crippen LogP contribution in [0.25, 0.3) is 10.6 Å². The van der Waals surface area contributed by atoms with Crippen molar-refractivity contribution in [3.63, 3.8) is 0 Å². The van der Waals surface area contributed by atoms with Crippen LogP contribution in [0.3, 0.4) is 0 Å². The quantitative estimate of drug-likeness (QED) is 0.792. The Morgan fingerprint density at radius 2 is 2.04 bits per heavy atom. The highest BCUT2D eigenvalue weighted by atomic mass is 35.5. The van der Waals surface area contributed by atoms with Crippen LogP contribution in [-0.4, -0.2) is 42.0 Å². The molecule has 1 aliphatic rings. The molecular weight excluding hydrogens is 401 g/mol. The smallest absolute Gasteiger partial charge is 0.266 e. The van der Waals surface area contributed by atoms with Crippen molar-refractivity contribution in [2.45, 2.75) is 25.8 Å². The molecule has 0 radical (unpaired) electrons. The van der Waals surface area contributed by atoms with E-state index in [2.05, 4.69) is 10.3 Å². The van der Waals surface area contributed by atoms with Crippen molar-refractivity contribution in [3.05, 3.63) is 39.9 Å². The zero-order chi connectivity index (χ0) is 16.4. The lowest BCUT2D eigenvalue weighted by atomic mass is 10.2. The van der Waals surface area contributed by atoms with Crippen molar-refractivity contribution >= 4 is 53.7 Å². The van der Waals surface area contributed by atoms with Gasteiger partial charge in [0, 0.05) is 29.7 Å². The van der Waals surface area contributed by atoms with E-state index in [1.807, 2.05) is 43.1 Å². The Hall–Kier alpha value is -0.850. The lowest BCUT2D eigenvalue weighted by Gasteiger charge is -2.24. The highest BCUT2D eigenvalue weighted by Gasteiger charge is 2.31. The maximum absolute atomic E-state index is 12.9. The van der Waals surface area contributed by atoms with Gasteiger partial charge >= 0.3 is 0 Å². The van der Waals surface area contributed by atoms with Crippen LogP contribution >= 0.6 is 47.8 Å². The van der Waals surface area contributed by atoms with Gasteiger partial charge in [-0.05, 0) is 38.9 Å². The van der Waals surface area contributed by atoms with E-state index in [0.717, 1.165) is 47.1 Å². The lowest BCUT2D eigenvalue weighted by Crippen LogP contribution is -2.40. The van der Waals surface area contributed by atoms with E-state index in [4.69, 9.17) is 11.6 Å². The number of benzene rings is 1. The standard InChI is InChI=1S/C17H20ClN3OS.2ClH/c1-11-15(17(22)21-9-3-4-14(21)10-19-2)23-16(20-11)12-5-7-13(18)8-6-12;;/h5-8,14,19H,3-4,9-10H2,1-2H3;2*1H. The maximum atomic E-state index is 12.9. The monoisotopic (exact) mass is 421 g/mol. The van der Waals surface area contributed by atoms with E-state index in [-0.39, 0.29) is 36.8 Å². The molecule has 25 heavy (non-hydrogen) atoms. The molecule has 1 aromatic carbocycles. The molecule has 4 nitrogen and oxygen atoms in total. The van der Waals surface area contributed by atoms with Crippen molar-refractivity contribution in [2.75, 3.05) is 20.1 Å². The number of aromatic nitrogens is 1. The Bertz CT molecular complexity index is 706. The van der Waals surface area contributed by atoms with Crippen molar-refractivity contribution in [2.24, 2.45) is 0 Å². The predicted molar refractivity (Wildman–Crippen MR) is 110 cm³/mol. The van der Waals surface area contributed by atoms with E-state index in [0.29, 0.717) is 5.02 Å². The second-order valence-corrected chi connectivity index (χ2v) is 7.23. The highest BCUT2D eigenvalue weighted by molar-refractivity contribution is 7.17. The van der Waals surface area contributed by atoms with Crippen LogP contribution in [0, 0.1) is 6.92 Å². The number of likely N-dealkylation sites (tertiary alicyclic amines) is 1. The summed E-state index contributed by atoms with van der Waals surface area (Å²) < 4.78 is 0. The summed E-state index contributed by atoms with van der Waals surface area (Å²) in [6.45, 7) is 3.58. The normalized spacial score (nSPS) is 16.3. The Morgan fingerprint density at radius 3 is 2.68 bits per heavy atom. The van der Waals surface area contributed by atoms with Gasteiger partial charge in [-0.3, -0.25) is 4.79 Å². The minimum absolute atomic E-state index is 0. The summed E-state index contributed by atoms with van der Waals surface area (Å²) in [7, 11) is 1.93. The SMILES string of the molecule is CNCC1CCCN1C(=O)c1sc(-c2ccc(Cl)cc2)nc1C.Cl.Cl. The fourth-order valence-electron chi connectivity index (χ4n) is 2.99. The van der Waals surface area contributed by atoms with Gasteiger partial charge in [-0.25, -0.2) is 4.98 Å². The third-order valence-corrected chi connectivity index (χ3v) is 5.61. The van der Waals surface area contributed by atoms with E-state index >= 15 is 0 Å². The maximum Gasteiger partial charge on any atom is 0.266 e. The molecule has 1 aliphatic heterocycles. The number of nitrogens with one attached hydrogen (secondary N) is 1. The van der Waals surface area contributed by atoms with Gasteiger partial charge in [0.2, 0.25) is 0 Å². The fourth-order valence-corrected chi connectivity index (χ4v) is 4.15. The lowest BCUT2D eigenvalue weighted by molar-refractivity contribution is 0.0741. The Balaban J connectivity index is 0.00000156. The number of carbonyl (C=O) groups is 1. The molecule has 0 aliphatic carbocycles. The van der Waals surface area contributed by atoms with Crippen LogP contribution < -0.4 is 5.32 Å². The van der Waals surface area contributed by atoms with Gasteiger partial charge in [0.15, 0.2) is 0 Å². The molecule has 1 amide bonds. The number of hydrogen-bond donors (Lipinski definition) is 1. The molecule has 2 aromatic rings. The molecule has 1 aromatic heterocycles. The Kier molecular flexibility index (Phi) is 8.64. The molecule has 1 fully saturated rings. The van der Waals surface area contributed by atoms with Crippen LogP contribution in [0.4, 0.5) is 0 Å². The van der Waals surface area contributed by atoms with Crippen LogP contribution in [-0.2, 0) is 0 Å². The summed E-state index contributed by atoms with van der Waals surface area (Å²) >= 11 is 7.40. The minimum Gasteiger partial charge on any atom is -0.334 e. The number of nitrogens with zero attached hydrogens (tertiary/aromatic N) is 2. The molecule has 1 saturated heterocycles.